The molecule has 0 saturated heterocycles. The van der Waals surface area contributed by atoms with Gasteiger partial charge in [-0.25, -0.2) is 0 Å². The van der Waals surface area contributed by atoms with Crippen molar-refractivity contribution in [2.75, 3.05) is 6.54 Å². The van der Waals surface area contributed by atoms with Gasteiger partial charge in [0.2, 0.25) is 0 Å². The molecule has 0 bridgehead atoms. The number of aliphatic hydroxyl groups excluding tert-OH is 1. The van der Waals surface area contributed by atoms with Gasteiger partial charge < -0.3 is 0 Å². The maximum absolute atomic E-state index is 13.0. The Balaban J connectivity index is 2.99. The molecule has 4 heteroatoms. The number of aliphatic hydroxyl groups is 1. The Morgan fingerprint density at radius 1 is 1.32 bits per heavy atom. The molecule has 0 aliphatic heterocycles. The zero-order valence-electron chi connectivity index (χ0n) is 14.1. The Bertz CT molecular complexity index is 492. The van der Waals surface area contributed by atoms with Crippen molar-refractivity contribution in [1.82, 2.24) is 4.90 Å². The summed E-state index contributed by atoms with van der Waals surface area (Å²) in [6, 6.07) is 9.96. The maximum atomic E-state index is 13.0. The molecule has 1 amide bonds. The summed E-state index contributed by atoms with van der Waals surface area (Å²) in [5, 5.41) is 10.1. The fourth-order valence-corrected chi connectivity index (χ4v) is 4.23. The predicted molar refractivity (Wildman–Crippen MR) is 93.5 cm³/mol. The van der Waals surface area contributed by atoms with E-state index in [0.717, 1.165) is 4.46 Å². The molecule has 1 aromatic carbocycles. The summed E-state index contributed by atoms with van der Waals surface area (Å²) >= 11 is -0.0913. The van der Waals surface area contributed by atoms with Gasteiger partial charge in [-0.2, -0.15) is 0 Å². The molecule has 1 aromatic rings. The molecule has 0 aliphatic rings. The molecule has 0 radical (unpaired) electrons. The van der Waals surface area contributed by atoms with Gasteiger partial charge in [-0.15, -0.1) is 0 Å². The van der Waals surface area contributed by atoms with E-state index in [1.807, 2.05) is 75.1 Å². The summed E-state index contributed by atoms with van der Waals surface area (Å²) in [7, 11) is 0. The van der Waals surface area contributed by atoms with E-state index < -0.39 is 6.10 Å². The Kier molecular flexibility index (Phi) is 7.34. The molecule has 2 unspecified atom stereocenters. The van der Waals surface area contributed by atoms with Gasteiger partial charge >= 0.3 is 140 Å². The molecule has 0 heterocycles. The van der Waals surface area contributed by atoms with Crippen LogP contribution in [0.2, 0.25) is 4.82 Å². The Morgan fingerprint density at radius 3 is 2.36 bits per heavy atom. The fourth-order valence-electron chi connectivity index (χ4n) is 2.06. The van der Waals surface area contributed by atoms with Crippen LogP contribution in [0.15, 0.2) is 42.5 Å². The average molecular weight is 368 g/mol. The van der Waals surface area contributed by atoms with E-state index in [1.54, 1.807) is 6.92 Å². The third kappa shape index (κ3) is 5.60. The first-order chi connectivity index (χ1) is 10.3. The SMILES string of the molecule is C/C=C/CN(C(=O)C([Se]c1ccccc1)C(C)O)C(C)(C)C. The van der Waals surface area contributed by atoms with E-state index in [9.17, 15) is 9.90 Å². The fraction of sp³-hybridized carbons (Fsp3) is 0.500. The number of carbonyl (C=O) groups excluding carboxylic acids is 1. The molecule has 3 nitrogen and oxygen atoms in total. The van der Waals surface area contributed by atoms with Crippen LogP contribution in [0.5, 0.6) is 0 Å². The van der Waals surface area contributed by atoms with E-state index in [-0.39, 0.29) is 31.2 Å². The summed E-state index contributed by atoms with van der Waals surface area (Å²) < 4.78 is 1.13. The predicted octanol–water partition coefficient (Wildman–Crippen LogP) is 2.39. The van der Waals surface area contributed by atoms with Gasteiger partial charge in [0.1, 0.15) is 0 Å². The minimum absolute atomic E-state index is 0.0319. The van der Waals surface area contributed by atoms with Crippen LogP contribution in [-0.4, -0.2) is 49.1 Å². The molecule has 1 N–H and O–H groups in total. The first-order valence-corrected chi connectivity index (χ1v) is 9.44. The van der Waals surface area contributed by atoms with E-state index in [0.29, 0.717) is 6.54 Å². The number of benzene rings is 1. The molecule has 0 aromatic heterocycles. The molecule has 22 heavy (non-hydrogen) atoms. The van der Waals surface area contributed by atoms with Gasteiger partial charge in [0.15, 0.2) is 0 Å². The van der Waals surface area contributed by atoms with E-state index in [4.69, 9.17) is 0 Å². The Labute approximate surface area is 140 Å². The second-order valence-electron chi connectivity index (χ2n) is 6.28. The van der Waals surface area contributed by atoms with Gasteiger partial charge in [0.05, 0.1) is 0 Å². The quantitative estimate of drug-likeness (QED) is 0.619. The van der Waals surface area contributed by atoms with Crippen molar-refractivity contribution in [2.45, 2.75) is 51.1 Å². The number of allylic oxidation sites excluding steroid dienone is 1. The number of amides is 1. The zero-order chi connectivity index (χ0) is 16.8. The summed E-state index contributed by atoms with van der Waals surface area (Å²) in [5.41, 5.74) is -0.267. The molecule has 0 aliphatic carbocycles. The van der Waals surface area contributed by atoms with Gasteiger partial charge in [0, 0.05) is 0 Å². The van der Waals surface area contributed by atoms with Gasteiger partial charge in [0.25, 0.3) is 0 Å². The van der Waals surface area contributed by atoms with Crippen LogP contribution in [0.25, 0.3) is 0 Å². The number of hydrogen-bond donors (Lipinski definition) is 1. The van der Waals surface area contributed by atoms with Crippen molar-refractivity contribution in [3.63, 3.8) is 0 Å². The molecule has 0 fully saturated rings. The van der Waals surface area contributed by atoms with Crippen molar-refractivity contribution in [3.05, 3.63) is 42.5 Å². The second-order valence-corrected chi connectivity index (χ2v) is 8.83. The third-order valence-electron chi connectivity index (χ3n) is 3.29. The monoisotopic (exact) mass is 369 g/mol. The van der Waals surface area contributed by atoms with Gasteiger partial charge in [-0.3, -0.25) is 0 Å². The molecule has 0 saturated carbocycles. The number of carbonyl (C=O) groups is 1. The summed E-state index contributed by atoms with van der Waals surface area (Å²) in [6.07, 6.45) is 3.28. The third-order valence-corrected chi connectivity index (χ3v) is 6.21. The van der Waals surface area contributed by atoms with Gasteiger partial charge in [-0.1, -0.05) is 0 Å². The second kappa shape index (κ2) is 8.52. The standard InChI is InChI=1S/C18H27NO2Se/c1-6-7-13-19(18(3,4)5)17(21)16(14(2)20)22-15-11-9-8-10-12-15/h6-12,14,16,20H,13H2,1-5H3/b7-6+. The van der Waals surface area contributed by atoms with Crippen molar-refractivity contribution >= 4 is 25.3 Å². The van der Waals surface area contributed by atoms with E-state index in [2.05, 4.69) is 0 Å². The van der Waals surface area contributed by atoms with E-state index in [1.165, 1.54) is 0 Å². The van der Waals surface area contributed by atoms with Crippen LogP contribution in [0, 0.1) is 0 Å². The number of hydrogen-bond acceptors (Lipinski definition) is 2. The Hall–Kier alpha value is -1.09. The van der Waals surface area contributed by atoms with Crippen LogP contribution in [0.1, 0.15) is 34.6 Å². The van der Waals surface area contributed by atoms with Crippen LogP contribution in [0.3, 0.4) is 0 Å². The van der Waals surface area contributed by atoms with Gasteiger partial charge in [-0.05, 0) is 0 Å². The van der Waals surface area contributed by atoms with Crippen molar-refractivity contribution in [2.24, 2.45) is 0 Å². The van der Waals surface area contributed by atoms with Crippen LogP contribution in [0.4, 0.5) is 0 Å². The number of rotatable bonds is 6. The van der Waals surface area contributed by atoms with E-state index >= 15 is 0 Å². The van der Waals surface area contributed by atoms with Crippen LogP contribution < -0.4 is 4.46 Å². The molecular formula is C18H27NO2Se. The summed E-state index contributed by atoms with van der Waals surface area (Å²) in [5.74, 6) is 0.0319. The normalized spacial score (nSPS) is 14.8. The molecule has 1 rings (SSSR count). The van der Waals surface area contributed by atoms with Crippen molar-refractivity contribution < 1.29 is 9.90 Å². The summed E-state index contributed by atoms with van der Waals surface area (Å²) in [6.45, 7) is 10.3. The number of nitrogens with zero attached hydrogens (tertiary/aromatic N) is 1. The molecule has 2 atom stereocenters. The molecule has 0 spiro atoms. The Morgan fingerprint density at radius 2 is 1.91 bits per heavy atom. The summed E-state index contributed by atoms with van der Waals surface area (Å²) in [4.78, 5) is 14.5. The minimum atomic E-state index is -0.650. The molecular weight excluding hydrogens is 341 g/mol. The first-order valence-electron chi connectivity index (χ1n) is 7.59. The van der Waals surface area contributed by atoms with Crippen LogP contribution in [-0.2, 0) is 4.79 Å². The zero-order valence-corrected chi connectivity index (χ0v) is 15.8. The van der Waals surface area contributed by atoms with Crippen molar-refractivity contribution in [1.29, 1.82) is 0 Å². The van der Waals surface area contributed by atoms with Crippen molar-refractivity contribution in [3.8, 4) is 0 Å². The first kappa shape index (κ1) is 19.0. The molecule has 122 valence electrons. The average Bonchev–Trinajstić information content (AvgIpc) is 2.44. The topological polar surface area (TPSA) is 40.5 Å². The van der Waals surface area contributed by atoms with Crippen LogP contribution >= 0.6 is 0 Å².